The maximum absolute atomic E-state index is 13.2. The van der Waals surface area contributed by atoms with Crippen LogP contribution in [-0.2, 0) is 25.6 Å². The second-order valence-corrected chi connectivity index (χ2v) is 7.84. The number of rotatable bonds is 9. The Balaban J connectivity index is 1.86. The predicted octanol–water partition coefficient (Wildman–Crippen LogP) is 2.70. The van der Waals surface area contributed by atoms with Crippen molar-refractivity contribution in [1.82, 2.24) is 4.90 Å². The molecular formula is C24H23ClN2O7. The number of imide groups is 1. The van der Waals surface area contributed by atoms with Crippen molar-refractivity contribution >= 4 is 41.0 Å². The molecule has 0 radical (unpaired) electrons. The Labute approximate surface area is 201 Å². The van der Waals surface area contributed by atoms with Crippen molar-refractivity contribution in [2.75, 3.05) is 25.7 Å². The van der Waals surface area contributed by atoms with E-state index in [9.17, 15) is 19.2 Å². The molecule has 2 aromatic carbocycles. The van der Waals surface area contributed by atoms with E-state index in [4.69, 9.17) is 26.2 Å². The molecule has 10 heteroatoms. The number of hydrogen-bond donors (Lipinski definition) is 1. The third-order valence-corrected chi connectivity index (χ3v) is 5.58. The first-order valence-electron chi connectivity index (χ1n) is 10.3. The van der Waals surface area contributed by atoms with E-state index in [2.05, 4.69) is 0 Å². The Bertz CT molecular complexity index is 1130. The van der Waals surface area contributed by atoms with Crippen molar-refractivity contribution < 1.29 is 33.8 Å². The van der Waals surface area contributed by atoms with Gasteiger partial charge in [-0.05, 0) is 48.4 Å². The zero-order chi connectivity index (χ0) is 24.8. The lowest BCUT2D eigenvalue weighted by atomic mass is 10.1. The molecule has 3 amide bonds. The van der Waals surface area contributed by atoms with Crippen LogP contribution in [0.1, 0.15) is 12.0 Å². The van der Waals surface area contributed by atoms with Crippen LogP contribution in [-0.4, -0.2) is 60.5 Å². The van der Waals surface area contributed by atoms with E-state index in [1.165, 1.54) is 19.1 Å². The van der Waals surface area contributed by atoms with Crippen LogP contribution in [0.3, 0.4) is 0 Å². The number of ether oxygens (including phenoxy) is 2. The maximum Gasteiger partial charge on any atom is 0.328 e. The number of nitrogens with zero attached hydrogens (tertiary/aromatic N) is 2. The number of carboxylic acids is 1. The van der Waals surface area contributed by atoms with Crippen molar-refractivity contribution in [3.63, 3.8) is 0 Å². The van der Waals surface area contributed by atoms with Crippen molar-refractivity contribution in [3.8, 4) is 11.5 Å². The minimum Gasteiger partial charge on any atom is -0.493 e. The van der Waals surface area contributed by atoms with E-state index in [0.717, 1.165) is 16.5 Å². The minimum absolute atomic E-state index is 0.0659. The molecule has 1 fully saturated rings. The summed E-state index contributed by atoms with van der Waals surface area (Å²) in [7, 11) is 3.02. The van der Waals surface area contributed by atoms with Crippen LogP contribution < -0.4 is 14.4 Å². The fraction of sp³-hybridized carbons (Fsp3) is 0.250. The van der Waals surface area contributed by atoms with Crippen LogP contribution in [0, 0.1) is 0 Å². The normalized spacial score (nSPS) is 15.6. The number of benzene rings is 2. The highest BCUT2D eigenvalue weighted by molar-refractivity contribution is 6.31. The van der Waals surface area contributed by atoms with Gasteiger partial charge in [0.15, 0.2) is 11.5 Å². The van der Waals surface area contributed by atoms with Gasteiger partial charge in [-0.25, -0.2) is 9.69 Å². The number of halogens is 1. The molecule has 178 valence electrons. The van der Waals surface area contributed by atoms with E-state index in [-0.39, 0.29) is 13.0 Å². The first-order chi connectivity index (χ1) is 16.2. The molecule has 1 aliphatic rings. The number of carbonyl (C=O) groups is 4. The molecule has 1 atom stereocenters. The third-order valence-electron chi connectivity index (χ3n) is 5.32. The van der Waals surface area contributed by atoms with Gasteiger partial charge in [0, 0.05) is 23.7 Å². The molecule has 2 aromatic rings. The molecule has 0 spiro atoms. The molecule has 0 aliphatic carbocycles. The number of carbonyl (C=O) groups excluding carboxylic acids is 3. The molecule has 1 unspecified atom stereocenters. The smallest absolute Gasteiger partial charge is 0.328 e. The number of amides is 3. The Kier molecular flexibility index (Phi) is 7.91. The van der Waals surface area contributed by atoms with Gasteiger partial charge in [-0.15, -0.1) is 0 Å². The number of methoxy groups -OCH3 is 2. The lowest BCUT2D eigenvalue weighted by Gasteiger charge is -2.26. The highest BCUT2D eigenvalue weighted by atomic mass is 35.5. The lowest BCUT2D eigenvalue weighted by molar-refractivity contribution is -0.135. The van der Waals surface area contributed by atoms with Gasteiger partial charge in [0.05, 0.1) is 26.3 Å². The van der Waals surface area contributed by atoms with Crippen LogP contribution in [0.5, 0.6) is 11.5 Å². The summed E-state index contributed by atoms with van der Waals surface area (Å²) in [6.45, 7) is 0.0659. The molecule has 1 saturated heterocycles. The largest absolute Gasteiger partial charge is 0.493 e. The van der Waals surface area contributed by atoms with Gasteiger partial charge in [-0.1, -0.05) is 17.7 Å². The average Bonchev–Trinajstić information content (AvgIpc) is 3.11. The summed E-state index contributed by atoms with van der Waals surface area (Å²) in [5.74, 6) is -1.99. The molecule has 3 rings (SSSR count). The van der Waals surface area contributed by atoms with Crippen LogP contribution in [0.25, 0.3) is 0 Å². The van der Waals surface area contributed by atoms with Crippen LogP contribution in [0.4, 0.5) is 5.69 Å². The number of hydrogen-bond acceptors (Lipinski definition) is 6. The highest BCUT2D eigenvalue weighted by Gasteiger charge is 2.43. The molecule has 1 heterocycles. The van der Waals surface area contributed by atoms with Crippen LogP contribution in [0.2, 0.25) is 5.02 Å². The fourth-order valence-corrected chi connectivity index (χ4v) is 3.79. The summed E-state index contributed by atoms with van der Waals surface area (Å²) in [5.41, 5.74) is 1.14. The summed E-state index contributed by atoms with van der Waals surface area (Å²) in [4.78, 5) is 51.9. The van der Waals surface area contributed by atoms with E-state index >= 15 is 0 Å². The van der Waals surface area contributed by atoms with Gasteiger partial charge in [-0.2, -0.15) is 0 Å². The third kappa shape index (κ3) is 5.55. The topological polar surface area (TPSA) is 113 Å². The second kappa shape index (κ2) is 10.8. The second-order valence-electron chi connectivity index (χ2n) is 7.41. The maximum atomic E-state index is 13.2. The van der Waals surface area contributed by atoms with Gasteiger partial charge < -0.3 is 19.5 Å². The molecule has 9 nitrogen and oxygen atoms in total. The molecule has 34 heavy (non-hydrogen) atoms. The summed E-state index contributed by atoms with van der Waals surface area (Å²) < 4.78 is 10.5. The van der Waals surface area contributed by atoms with Gasteiger partial charge >= 0.3 is 5.97 Å². The van der Waals surface area contributed by atoms with Gasteiger partial charge in [0.1, 0.15) is 6.04 Å². The monoisotopic (exact) mass is 486 g/mol. The molecule has 1 aliphatic heterocycles. The van der Waals surface area contributed by atoms with Gasteiger partial charge in [0.25, 0.3) is 5.91 Å². The van der Waals surface area contributed by atoms with Crippen LogP contribution >= 0.6 is 11.6 Å². The minimum atomic E-state index is -1.30. The summed E-state index contributed by atoms with van der Waals surface area (Å²) >= 11 is 5.90. The van der Waals surface area contributed by atoms with E-state index < -0.39 is 29.7 Å². The lowest BCUT2D eigenvalue weighted by Crippen LogP contribution is -2.46. The summed E-state index contributed by atoms with van der Waals surface area (Å²) in [5, 5.41) is 9.36. The van der Waals surface area contributed by atoms with Gasteiger partial charge in [0.2, 0.25) is 11.8 Å². The Morgan fingerprint density at radius 2 is 1.76 bits per heavy atom. The number of carboxylic acid groups (broad SMARTS) is 1. The molecular weight excluding hydrogens is 464 g/mol. The molecule has 0 bridgehead atoms. The average molecular weight is 487 g/mol. The predicted molar refractivity (Wildman–Crippen MR) is 124 cm³/mol. The Morgan fingerprint density at radius 3 is 2.38 bits per heavy atom. The Hall–Kier alpha value is -3.85. The first kappa shape index (κ1) is 24.8. The van der Waals surface area contributed by atoms with Crippen molar-refractivity contribution in [1.29, 1.82) is 0 Å². The van der Waals surface area contributed by atoms with Crippen LogP contribution in [0.15, 0.2) is 54.6 Å². The number of aliphatic carboxylic acids is 1. The zero-order valence-electron chi connectivity index (χ0n) is 18.6. The SMILES string of the molecule is COc1ccc(CCN(C(=O)/C=C/C(=O)O)C2CC(=O)N(c3ccc(Cl)cc3)C2=O)cc1OC. The summed E-state index contributed by atoms with van der Waals surface area (Å²) in [6.07, 6.45) is 1.68. The zero-order valence-corrected chi connectivity index (χ0v) is 19.3. The standard InChI is InChI=1S/C24H23ClN2O7/c1-33-19-8-3-15(13-20(19)34-2)11-12-26(21(28)9-10-23(30)31)18-14-22(29)27(24(18)32)17-6-4-16(25)5-7-17/h3-10,13,18H,11-12,14H2,1-2H3,(H,30,31)/b10-9+. The van der Waals surface area contributed by atoms with Crippen molar-refractivity contribution in [2.24, 2.45) is 0 Å². The fourth-order valence-electron chi connectivity index (χ4n) is 3.66. The quantitative estimate of drug-likeness (QED) is 0.428. The number of anilines is 1. The highest BCUT2D eigenvalue weighted by Crippen LogP contribution is 2.29. The van der Waals surface area contributed by atoms with Crippen molar-refractivity contribution in [3.05, 3.63) is 65.2 Å². The van der Waals surface area contributed by atoms with E-state index in [1.807, 2.05) is 0 Å². The first-order valence-corrected chi connectivity index (χ1v) is 10.7. The van der Waals surface area contributed by atoms with Gasteiger partial charge in [-0.3, -0.25) is 14.4 Å². The van der Waals surface area contributed by atoms with E-state index in [1.54, 1.807) is 42.5 Å². The molecule has 0 aromatic heterocycles. The van der Waals surface area contributed by atoms with E-state index in [0.29, 0.717) is 34.7 Å². The molecule has 1 N–H and O–H groups in total. The summed E-state index contributed by atoms with van der Waals surface area (Å²) in [6, 6.07) is 10.4. The van der Waals surface area contributed by atoms with Crippen molar-refractivity contribution in [2.45, 2.75) is 18.9 Å². The Morgan fingerprint density at radius 1 is 1.09 bits per heavy atom. The molecule has 0 saturated carbocycles.